The Hall–Kier alpha value is -1.39. The van der Waals surface area contributed by atoms with Crippen molar-refractivity contribution >= 4 is 49.0 Å². The number of nitrogens with zero attached hydrogens (tertiary/aromatic N) is 1. The number of benzene rings is 2. The number of rotatable bonds is 3. The van der Waals surface area contributed by atoms with E-state index >= 15 is 0 Å². The van der Waals surface area contributed by atoms with Crippen molar-refractivity contribution in [2.75, 3.05) is 0 Å². The van der Waals surface area contributed by atoms with Gasteiger partial charge in [0.05, 0.1) is 0 Å². The minimum Gasteiger partial charge on any atom is -0.342 e. The van der Waals surface area contributed by atoms with E-state index in [9.17, 15) is 4.79 Å². The number of hydrogen-bond acceptors (Lipinski definition) is 1. The summed E-state index contributed by atoms with van der Waals surface area (Å²) in [7, 11) is 0. The van der Waals surface area contributed by atoms with E-state index in [2.05, 4.69) is 48.6 Å². The zero-order valence-corrected chi connectivity index (χ0v) is 13.7. The van der Waals surface area contributed by atoms with Crippen LogP contribution < -0.4 is 0 Å². The summed E-state index contributed by atoms with van der Waals surface area (Å²) in [6.45, 7) is 0.736. The van der Waals surface area contributed by atoms with Crippen LogP contribution in [-0.2, 0) is 6.54 Å². The molecule has 0 bridgehead atoms. The fourth-order valence-electron chi connectivity index (χ4n) is 2.33. The zero-order valence-electron chi connectivity index (χ0n) is 10.5. The summed E-state index contributed by atoms with van der Waals surface area (Å²) < 4.78 is 4.17. The highest BCUT2D eigenvalue weighted by molar-refractivity contribution is 9.13. The third-order valence-electron chi connectivity index (χ3n) is 3.28. The molecule has 0 aliphatic heterocycles. The number of carbonyl (C=O) groups is 1. The van der Waals surface area contributed by atoms with Crippen LogP contribution >= 0.6 is 31.9 Å². The molecule has 0 N–H and O–H groups in total. The second kappa shape index (κ2) is 5.54. The van der Waals surface area contributed by atoms with E-state index in [1.54, 1.807) is 0 Å². The van der Waals surface area contributed by atoms with Crippen LogP contribution in [0.15, 0.2) is 57.6 Å². The van der Waals surface area contributed by atoms with Crippen molar-refractivity contribution in [3.05, 3.63) is 68.7 Å². The van der Waals surface area contributed by atoms with E-state index in [1.807, 2.05) is 36.5 Å². The second-order valence-electron chi connectivity index (χ2n) is 4.60. The Morgan fingerprint density at radius 3 is 2.60 bits per heavy atom. The maximum absolute atomic E-state index is 11.2. The molecule has 1 heterocycles. The third kappa shape index (κ3) is 2.45. The highest BCUT2D eigenvalue weighted by Gasteiger charge is 2.08. The number of aromatic nitrogens is 1. The summed E-state index contributed by atoms with van der Waals surface area (Å²) in [6, 6.07) is 14.1. The Morgan fingerprint density at radius 2 is 1.85 bits per heavy atom. The molecule has 0 fully saturated rings. The van der Waals surface area contributed by atoms with E-state index in [4.69, 9.17) is 0 Å². The molecule has 2 nitrogen and oxygen atoms in total. The van der Waals surface area contributed by atoms with Gasteiger partial charge in [-0.1, -0.05) is 24.3 Å². The molecule has 0 saturated heterocycles. The van der Waals surface area contributed by atoms with Gasteiger partial charge in [-0.3, -0.25) is 4.79 Å². The Balaban J connectivity index is 2.06. The number of aldehydes is 1. The molecular weight excluding hydrogens is 382 g/mol. The summed E-state index contributed by atoms with van der Waals surface area (Å²) in [5, 5.41) is 0.999. The maximum atomic E-state index is 11.2. The summed E-state index contributed by atoms with van der Waals surface area (Å²) in [5.41, 5.74) is 2.99. The highest BCUT2D eigenvalue weighted by Crippen LogP contribution is 2.26. The van der Waals surface area contributed by atoms with Gasteiger partial charge in [-0.25, -0.2) is 0 Å². The standard InChI is InChI=1S/C16H11Br2NO/c17-14-6-5-11(7-15(14)18)8-19-9-12(10-20)13-3-1-2-4-16(13)19/h1-7,9-10H,8H2. The first-order valence-corrected chi connectivity index (χ1v) is 7.74. The first-order chi connectivity index (χ1) is 9.69. The van der Waals surface area contributed by atoms with Crippen LogP contribution in [0.5, 0.6) is 0 Å². The molecule has 20 heavy (non-hydrogen) atoms. The molecule has 0 atom stereocenters. The maximum Gasteiger partial charge on any atom is 0.152 e. The first kappa shape index (κ1) is 13.6. The molecule has 0 aliphatic rings. The normalized spacial score (nSPS) is 10.9. The molecule has 0 unspecified atom stereocenters. The summed E-state index contributed by atoms with van der Waals surface area (Å²) >= 11 is 6.99. The van der Waals surface area contributed by atoms with Gasteiger partial charge < -0.3 is 4.57 Å². The summed E-state index contributed by atoms with van der Waals surface area (Å²) in [5.74, 6) is 0. The minimum absolute atomic E-state index is 0.733. The van der Waals surface area contributed by atoms with Gasteiger partial charge in [0.25, 0.3) is 0 Å². The number of hydrogen-bond donors (Lipinski definition) is 0. The van der Waals surface area contributed by atoms with Crippen molar-refractivity contribution in [1.82, 2.24) is 4.57 Å². The molecule has 1 aromatic heterocycles. The SMILES string of the molecule is O=Cc1cn(Cc2ccc(Br)c(Br)c2)c2ccccc12. The van der Waals surface area contributed by atoms with Crippen molar-refractivity contribution in [3.63, 3.8) is 0 Å². The van der Waals surface area contributed by atoms with E-state index in [0.717, 1.165) is 38.2 Å². The van der Waals surface area contributed by atoms with Crippen LogP contribution in [0, 0.1) is 0 Å². The molecule has 0 spiro atoms. The lowest BCUT2D eigenvalue weighted by molar-refractivity contribution is 0.112. The van der Waals surface area contributed by atoms with E-state index < -0.39 is 0 Å². The van der Waals surface area contributed by atoms with Gasteiger partial charge in [-0.2, -0.15) is 0 Å². The predicted molar refractivity (Wildman–Crippen MR) is 88.3 cm³/mol. The van der Waals surface area contributed by atoms with Gasteiger partial charge >= 0.3 is 0 Å². The van der Waals surface area contributed by atoms with Crippen LogP contribution in [0.4, 0.5) is 0 Å². The Kier molecular flexibility index (Phi) is 3.76. The van der Waals surface area contributed by atoms with Crippen molar-refractivity contribution in [1.29, 1.82) is 0 Å². The lowest BCUT2D eigenvalue weighted by atomic mass is 10.2. The third-order valence-corrected chi connectivity index (χ3v) is 5.16. The van der Waals surface area contributed by atoms with Crippen LogP contribution in [0.1, 0.15) is 15.9 Å². The van der Waals surface area contributed by atoms with E-state index in [-0.39, 0.29) is 0 Å². The number of halogens is 2. The minimum atomic E-state index is 0.733. The zero-order chi connectivity index (χ0) is 14.1. The molecule has 100 valence electrons. The highest BCUT2D eigenvalue weighted by atomic mass is 79.9. The topological polar surface area (TPSA) is 22.0 Å². The lowest BCUT2D eigenvalue weighted by Gasteiger charge is -2.07. The average molecular weight is 393 g/mol. The quantitative estimate of drug-likeness (QED) is 0.573. The van der Waals surface area contributed by atoms with Crippen LogP contribution in [0.25, 0.3) is 10.9 Å². The van der Waals surface area contributed by atoms with Crippen molar-refractivity contribution < 1.29 is 4.79 Å². The molecule has 0 radical (unpaired) electrons. The van der Waals surface area contributed by atoms with Gasteiger partial charge in [0.15, 0.2) is 6.29 Å². The van der Waals surface area contributed by atoms with Gasteiger partial charge in [-0.05, 0) is 55.6 Å². The fourth-order valence-corrected chi connectivity index (χ4v) is 3.01. The van der Waals surface area contributed by atoms with Gasteiger partial charge in [-0.15, -0.1) is 0 Å². The van der Waals surface area contributed by atoms with Gasteiger partial charge in [0, 0.05) is 38.2 Å². The Labute approximate surface area is 133 Å². The predicted octanol–water partition coefficient (Wildman–Crippen LogP) is 5.03. The molecule has 4 heteroatoms. The summed E-state index contributed by atoms with van der Waals surface area (Å²) in [4.78, 5) is 11.2. The van der Waals surface area contributed by atoms with E-state index in [0.29, 0.717) is 0 Å². The Bertz CT molecular complexity index is 792. The van der Waals surface area contributed by atoms with Crippen LogP contribution in [0.2, 0.25) is 0 Å². The summed E-state index contributed by atoms with van der Waals surface area (Å²) in [6.07, 6.45) is 2.82. The van der Waals surface area contributed by atoms with Gasteiger partial charge in [0.2, 0.25) is 0 Å². The molecule has 2 aromatic carbocycles. The van der Waals surface area contributed by atoms with Crippen molar-refractivity contribution in [3.8, 4) is 0 Å². The van der Waals surface area contributed by atoms with Crippen LogP contribution in [-0.4, -0.2) is 10.9 Å². The fraction of sp³-hybridized carbons (Fsp3) is 0.0625. The van der Waals surface area contributed by atoms with Crippen LogP contribution in [0.3, 0.4) is 0 Å². The lowest BCUT2D eigenvalue weighted by Crippen LogP contribution is -1.97. The van der Waals surface area contributed by atoms with Crippen molar-refractivity contribution in [2.24, 2.45) is 0 Å². The number of para-hydroxylation sites is 1. The Morgan fingerprint density at radius 1 is 1.05 bits per heavy atom. The molecule has 0 saturated carbocycles. The molecule has 3 aromatic rings. The number of fused-ring (bicyclic) bond motifs is 1. The second-order valence-corrected chi connectivity index (χ2v) is 6.30. The first-order valence-electron chi connectivity index (χ1n) is 6.16. The largest absolute Gasteiger partial charge is 0.342 e. The van der Waals surface area contributed by atoms with Gasteiger partial charge in [0.1, 0.15) is 0 Å². The average Bonchev–Trinajstić information content (AvgIpc) is 2.81. The molecule has 0 amide bonds. The smallest absolute Gasteiger partial charge is 0.152 e. The molecular formula is C16H11Br2NO. The van der Waals surface area contributed by atoms with Crippen molar-refractivity contribution in [2.45, 2.75) is 6.54 Å². The number of carbonyl (C=O) groups excluding carboxylic acids is 1. The molecule has 0 aliphatic carbocycles. The van der Waals surface area contributed by atoms with E-state index in [1.165, 1.54) is 5.56 Å². The molecule has 3 rings (SSSR count). The monoisotopic (exact) mass is 391 g/mol.